The Balaban J connectivity index is 0.000000426. The highest BCUT2D eigenvalue weighted by atomic mass is 32.2. The van der Waals surface area contributed by atoms with E-state index in [0.29, 0.717) is 25.3 Å². The van der Waals surface area contributed by atoms with Crippen LogP contribution in [0.15, 0.2) is 64.9 Å². The second kappa shape index (κ2) is 10.6. The first-order valence-corrected chi connectivity index (χ1v) is 13.4. The van der Waals surface area contributed by atoms with Crippen molar-refractivity contribution in [2.75, 3.05) is 12.3 Å². The summed E-state index contributed by atoms with van der Waals surface area (Å²) in [6.07, 6.45) is -4.65. The lowest BCUT2D eigenvalue weighted by Crippen LogP contribution is -2.41. The quantitative estimate of drug-likeness (QED) is 0.334. The fourth-order valence-electron chi connectivity index (χ4n) is 3.84. The summed E-state index contributed by atoms with van der Waals surface area (Å²) < 4.78 is 61.2. The van der Waals surface area contributed by atoms with E-state index in [0.717, 1.165) is 26.6 Å². The largest absolute Gasteiger partial charge is 0.490 e. The fraction of sp³-hybridized carbons (Fsp3) is 0.208. The van der Waals surface area contributed by atoms with Crippen LogP contribution in [0.1, 0.15) is 12.0 Å². The van der Waals surface area contributed by atoms with E-state index in [4.69, 9.17) is 15.6 Å². The minimum atomic E-state index is -5.08. The first-order valence-electron chi connectivity index (χ1n) is 11.1. The summed E-state index contributed by atoms with van der Waals surface area (Å²) in [4.78, 5) is 27.8. The molecular formula is C24H21F3N4O5S2. The second-order valence-electron chi connectivity index (χ2n) is 8.39. The number of pyridine rings is 1. The Morgan fingerprint density at radius 3 is 2.50 bits per heavy atom. The first kappa shape index (κ1) is 27.3. The van der Waals surface area contributed by atoms with Gasteiger partial charge in [0.05, 0.1) is 5.52 Å². The maximum Gasteiger partial charge on any atom is 0.490 e. The standard InChI is InChI=1S/C22H20N4O3S2.C2HF3O2/c23-20-8-7-15-6-5-14(11-18(15)24-20)13-26-10-9-17(22(26)27)25-31(28,29)21-12-16-3-1-2-4-19(16)30-21;3-2(4,5)1(6)7/h1-8,11-12,17,25H,9-10,13H2,(H2,23,24);(H,6,7)/t17-;/m0./s1. The zero-order chi connectivity index (χ0) is 27.7. The summed E-state index contributed by atoms with van der Waals surface area (Å²) in [7, 11) is -3.77. The summed E-state index contributed by atoms with van der Waals surface area (Å²) in [6.45, 7) is 0.882. The molecule has 4 N–H and O–H groups in total. The van der Waals surface area contributed by atoms with E-state index in [1.807, 2.05) is 48.5 Å². The lowest BCUT2D eigenvalue weighted by atomic mass is 10.1. The summed E-state index contributed by atoms with van der Waals surface area (Å²) in [6, 6.07) is 17.8. The van der Waals surface area contributed by atoms with E-state index in [-0.39, 0.29) is 10.1 Å². The zero-order valence-corrected chi connectivity index (χ0v) is 21.1. The van der Waals surface area contributed by atoms with Gasteiger partial charge in [0, 0.05) is 23.2 Å². The molecule has 2 aromatic heterocycles. The summed E-state index contributed by atoms with van der Waals surface area (Å²) >= 11 is 1.20. The number of alkyl halides is 3. The molecule has 1 aliphatic rings. The minimum absolute atomic E-state index is 0.217. The average molecular weight is 567 g/mol. The normalized spacial score (nSPS) is 16.0. The smallest absolute Gasteiger partial charge is 0.475 e. The molecule has 0 saturated carbocycles. The van der Waals surface area contributed by atoms with Crippen LogP contribution in [-0.2, 0) is 26.2 Å². The number of fused-ring (bicyclic) bond motifs is 2. The van der Waals surface area contributed by atoms with Crippen molar-refractivity contribution in [3.8, 4) is 0 Å². The molecule has 1 atom stereocenters. The molecule has 1 aliphatic heterocycles. The van der Waals surface area contributed by atoms with E-state index in [1.165, 1.54) is 11.3 Å². The minimum Gasteiger partial charge on any atom is -0.475 e. The number of halogens is 3. The van der Waals surface area contributed by atoms with Crippen molar-refractivity contribution in [3.05, 3.63) is 66.2 Å². The van der Waals surface area contributed by atoms with Gasteiger partial charge in [-0.3, -0.25) is 4.79 Å². The van der Waals surface area contributed by atoms with Crippen molar-refractivity contribution in [2.24, 2.45) is 0 Å². The van der Waals surface area contributed by atoms with Crippen LogP contribution in [0.25, 0.3) is 21.0 Å². The predicted octanol–water partition coefficient (Wildman–Crippen LogP) is 3.74. The second-order valence-corrected chi connectivity index (χ2v) is 11.4. The molecule has 200 valence electrons. The van der Waals surface area contributed by atoms with Crippen LogP contribution in [-0.4, -0.2) is 54.0 Å². The maximum atomic E-state index is 12.9. The van der Waals surface area contributed by atoms with Gasteiger partial charge in [-0.15, -0.1) is 11.3 Å². The zero-order valence-electron chi connectivity index (χ0n) is 19.5. The molecule has 0 radical (unpaired) electrons. The summed E-state index contributed by atoms with van der Waals surface area (Å²) in [5.74, 6) is -2.53. The fourth-order valence-corrected chi connectivity index (χ4v) is 6.48. The van der Waals surface area contributed by atoms with Crippen LogP contribution in [0.2, 0.25) is 0 Å². The van der Waals surface area contributed by atoms with Crippen LogP contribution in [0, 0.1) is 0 Å². The van der Waals surface area contributed by atoms with E-state index in [1.54, 1.807) is 17.0 Å². The number of carboxylic acid groups (broad SMARTS) is 1. The molecule has 1 amide bonds. The number of rotatable bonds is 5. The van der Waals surface area contributed by atoms with Gasteiger partial charge in [-0.05, 0) is 47.7 Å². The van der Waals surface area contributed by atoms with Gasteiger partial charge in [0.25, 0.3) is 10.0 Å². The molecular weight excluding hydrogens is 545 g/mol. The molecule has 2 aromatic carbocycles. The van der Waals surface area contributed by atoms with Gasteiger partial charge in [-0.2, -0.15) is 17.9 Å². The number of likely N-dealkylation sites (tertiary alicyclic amines) is 1. The van der Waals surface area contributed by atoms with E-state index in [2.05, 4.69) is 9.71 Å². The Morgan fingerprint density at radius 1 is 1.13 bits per heavy atom. The lowest BCUT2D eigenvalue weighted by Gasteiger charge is -2.17. The third kappa shape index (κ3) is 6.20. The number of carbonyl (C=O) groups is 2. The molecule has 3 heterocycles. The number of carboxylic acids is 1. The van der Waals surface area contributed by atoms with Crippen LogP contribution in [0.4, 0.5) is 19.0 Å². The number of nitrogens with two attached hydrogens (primary N) is 1. The number of carbonyl (C=O) groups excluding carboxylic acids is 1. The number of thiophene rings is 1. The van der Waals surface area contributed by atoms with Gasteiger partial charge >= 0.3 is 12.1 Å². The molecule has 0 aliphatic carbocycles. The number of nitrogens with zero attached hydrogens (tertiary/aromatic N) is 2. The molecule has 0 unspecified atom stereocenters. The van der Waals surface area contributed by atoms with Crippen LogP contribution < -0.4 is 10.5 Å². The van der Waals surface area contributed by atoms with E-state index >= 15 is 0 Å². The topological polar surface area (TPSA) is 143 Å². The molecule has 1 fully saturated rings. The third-order valence-corrected chi connectivity index (χ3v) is 8.72. The molecule has 4 aromatic rings. The third-order valence-electron chi connectivity index (χ3n) is 5.66. The molecule has 5 rings (SSSR count). The Kier molecular flexibility index (Phi) is 7.58. The van der Waals surface area contributed by atoms with Gasteiger partial charge < -0.3 is 15.7 Å². The summed E-state index contributed by atoms with van der Waals surface area (Å²) in [5.41, 5.74) is 7.46. The molecule has 1 saturated heterocycles. The highest BCUT2D eigenvalue weighted by molar-refractivity contribution is 7.91. The Labute approximate surface area is 218 Å². The number of aromatic nitrogens is 1. The average Bonchev–Trinajstić information content (AvgIpc) is 3.43. The number of aliphatic carboxylic acids is 1. The summed E-state index contributed by atoms with van der Waals surface area (Å²) in [5, 5.41) is 8.97. The van der Waals surface area contributed by atoms with E-state index in [9.17, 15) is 26.4 Å². The Hall–Kier alpha value is -3.75. The molecule has 38 heavy (non-hydrogen) atoms. The lowest BCUT2D eigenvalue weighted by molar-refractivity contribution is -0.192. The highest BCUT2D eigenvalue weighted by Crippen LogP contribution is 2.29. The number of nitrogens with one attached hydrogen (secondary N) is 1. The van der Waals surface area contributed by atoms with Gasteiger partial charge in [0.1, 0.15) is 16.1 Å². The van der Waals surface area contributed by atoms with Crippen molar-refractivity contribution in [2.45, 2.75) is 29.4 Å². The maximum absolute atomic E-state index is 12.9. The Morgan fingerprint density at radius 2 is 1.82 bits per heavy atom. The van der Waals surface area contributed by atoms with Crippen LogP contribution in [0.5, 0.6) is 0 Å². The number of amides is 1. The first-order chi connectivity index (χ1) is 17.8. The van der Waals surface area contributed by atoms with Gasteiger partial charge in [-0.1, -0.05) is 30.3 Å². The number of anilines is 1. The molecule has 14 heteroatoms. The Bertz CT molecular complexity index is 1590. The number of nitrogen functional groups attached to an aromatic ring is 1. The van der Waals surface area contributed by atoms with Crippen molar-refractivity contribution < 1.29 is 36.3 Å². The van der Waals surface area contributed by atoms with Crippen LogP contribution in [0.3, 0.4) is 0 Å². The SMILES string of the molecule is Nc1ccc2ccc(CN3CC[C@H](NS(=O)(=O)c4cc5ccccc5s4)C3=O)cc2n1.O=C(O)C(F)(F)F. The number of hydrogen-bond donors (Lipinski definition) is 3. The predicted molar refractivity (Wildman–Crippen MR) is 136 cm³/mol. The monoisotopic (exact) mass is 566 g/mol. The molecule has 9 nitrogen and oxygen atoms in total. The molecule has 0 bridgehead atoms. The van der Waals surface area contributed by atoms with Gasteiger partial charge in [0.2, 0.25) is 5.91 Å². The van der Waals surface area contributed by atoms with Crippen molar-refractivity contribution >= 4 is 60.0 Å². The van der Waals surface area contributed by atoms with Crippen molar-refractivity contribution in [1.82, 2.24) is 14.6 Å². The molecule has 0 spiro atoms. The number of sulfonamides is 1. The van der Waals surface area contributed by atoms with Crippen molar-refractivity contribution in [1.29, 1.82) is 0 Å². The van der Waals surface area contributed by atoms with Crippen molar-refractivity contribution in [3.63, 3.8) is 0 Å². The van der Waals surface area contributed by atoms with Gasteiger partial charge in [-0.25, -0.2) is 18.2 Å². The van der Waals surface area contributed by atoms with E-state index < -0.39 is 28.2 Å². The van der Waals surface area contributed by atoms with Gasteiger partial charge in [0.15, 0.2) is 0 Å². The highest BCUT2D eigenvalue weighted by Gasteiger charge is 2.38. The number of benzene rings is 2. The van der Waals surface area contributed by atoms with Crippen LogP contribution >= 0.6 is 11.3 Å². The number of hydrogen-bond acceptors (Lipinski definition) is 7.